The summed E-state index contributed by atoms with van der Waals surface area (Å²) in [6.07, 6.45) is 27.1. The summed E-state index contributed by atoms with van der Waals surface area (Å²) in [5.41, 5.74) is -3.73. The van der Waals surface area contributed by atoms with E-state index in [4.69, 9.17) is 4.74 Å². The fourth-order valence-corrected chi connectivity index (χ4v) is 30.9. The second-order valence-electron chi connectivity index (χ2n) is 40.0. The van der Waals surface area contributed by atoms with Gasteiger partial charge in [-0.3, -0.25) is 4.79 Å². The van der Waals surface area contributed by atoms with Crippen molar-refractivity contribution in [3.05, 3.63) is 0 Å². The zero-order valence-corrected chi connectivity index (χ0v) is 73.3. The maximum atomic E-state index is 16.0. The molecule has 4 aliphatic carbocycles. The number of carbonyl (C=O) groups excluding carboxylic acids is 1. The molecule has 0 radical (unpaired) electrons. The number of hydrogen-bond acceptors (Lipinski definition) is 3. The van der Waals surface area contributed by atoms with E-state index < -0.39 is 22.0 Å². The Labute approximate surface area is 599 Å². The average Bonchev–Trinajstić information content (AvgIpc) is 0.665. The largest absolute Gasteiger partial charge is 0.459 e. The summed E-state index contributed by atoms with van der Waals surface area (Å²) in [5, 5.41) is 12.0. The van der Waals surface area contributed by atoms with Crippen LogP contribution in [0.2, 0.25) is 0 Å². The van der Waals surface area contributed by atoms with Crippen molar-refractivity contribution in [2.75, 3.05) is 0 Å². The molecule has 4 fully saturated rings. The molecular weight excluding hydrogens is 1150 g/mol. The summed E-state index contributed by atoms with van der Waals surface area (Å²) in [6, 6.07) is 0. The second kappa shape index (κ2) is 28.5. The van der Waals surface area contributed by atoms with Gasteiger partial charge in [0.2, 0.25) is 0 Å². The van der Waals surface area contributed by atoms with E-state index in [1.165, 1.54) is 32.1 Å². The fourth-order valence-electron chi connectivity index (χ4n) is 30.9. The molecule has 564 valence electrons. The summed E-state index contributed by atoms with van der Waals surface area (Å²) in [6.45, 7) is 110. The second-order valence-corrected chi connectivity index (χ2v) is 40.0. The lowest BCUT2D eigenvalue weighted by Gasteiger charge is -2.79. The summed E-state index contributed by atoms with van der Waals surface area (Å²) in [4.78, 5) is 16.0. The SMILES string of the molecule is CCC(C)(C)C(C)(CC)C(C)(CC)C(C)(CC)C(C)(CC)C(C)(CC)C(C)(CC)C(C)(CC)C(C)(CC)C(C)(CC)C(C)(CC)C(C)(CC)C(C)(CC)C(C)(CC)C(C)(CC)C(C)(CC)C(C)(CC)C(C)(CC)C(C)(CC)C(C)(CC)C(=O)OC12CC3CC(CC(O)(C3)C1)C2. The Kier molecular flexibility index (Phi) is 26.6. The highest BCUT2D eigenvalue weighted by molar-refractivity contribution is 5.78. The van der Waals surface area contributed by atoms with Crippen molar-refractivity contribution in [1.29, 1.82) is 0 Å². The lowest BCUT2D eigenvalue weighted by Crippen LogP contribution is -2.72. The Morgan fingerprint density at radius 1 is 0.274 bits per heavy atom. The Hall–Kier alpha value is -0.570. The first kappa shape index (κ1) is 88.6. The van der Waals surface area contributed by atoms with Gasteiger partial charge in [-0.15, -0.1) is 0 Å². The molecule has 3 nitrogen and oxygen atoms in total. The van der Waals surface area contributed by atoms with E-state index in [0.29, 0.717) is 18.3 Å². The summed E-state index contributed by atoms with van der Waals surface area (Å²) in [5.74, 6) is 0.894. The Morgan fingerprint density at radius 3 is 0.611 bits per heavy atom. The number of hydrogen-bond donors (Lipinski definition) is 1. The highest BCUT2D eigenvalue weighted by Crippen LogP contribution is 2.85. The topological polar surface area (TPSA) is 46.5 Å². The van der Waals surface area contributed by atoms with Crippen LogP contribution in [0.15, 0.2) is 0 Å². The van der Waals surface area contributed by atoms with Gasteiger partial charge in [-0.1, -0.05) is 283 Å². The number of carbonyl (C=O) groups is 1. The molecule has 21 unspecified atom stereocenters. The molecule has 4 bridgehead atoms. The lowest BCUT2D eigenvalue weighted by atomic mass is 9.25. The molecule has 0 aromatic rings. The van der Waals surface area contributed by atoms with Crippen LogP contribution in [0.5, 0.6) is 0 Å². The first-order chi connectivity index (χ1) is 43.2. The van der Waals surface area contributed by atoms with Crippen LogP contribution in [-0.2, 0) is 9.53 Å². The summed E-state index contributed by atoms with van der Waals surface area (Å²) < 4.78 is 7.26. The number of rotatable bonds is 41. The van der Waals surface area contributed by atoms with Gasteiger partial charge >= 0.3 is 5.97 Å². The van der Waals surface area contributed by atoms with Gasteiger partial charge in [-0.05, 0) is 276 Å². The molecule has 95 heavy (non-hydrogen) atoms. The van der Waals surface area contributed by atoms with Crippen molar-refractivity contribution in [2.24, 2.45) is 120 Å². The molecule has 0 aromatic heterocycles. The predicted octanol–water partition coefficient (Wildman–Crippen LogP) is 30.0. The normalized spacial score (nSPS) is 31.7. The van der Waals surface area contributed by atoms with Gasteiger partial charge in [0.05, 0.1) is 11.0 Å². The van der Waals surface area contributed by atoms with Crippen LogP contribution < -0.4 is 0 Å². The van der Waals surface area contributed by atoms with E-state index in [-0.39, 0.29) is 103 Å². The molecule has 0 heterocycles. The van der Waals surface area contributed by atoms with E-state index >= 15 is 4.79 Å². The minimum absolute atomic E-state index is 0.000786. The lowest BCUT2D eigenvalue weighted by molar-refractivity contribution is -0.308. The smallest absolute Gasteiger partial charge is 0.312 e. The third kappa shape index (κ3) is 10.6. The summed E-state index contributed by atoms with van der Waals surface area (Å²) in [7, 11) is 0. The molecule has 0 aliphatic heterocycles. The van der Waals surface area contributed by atoms with E-state index in [1.54, 1.807) is 0 Å². The molecule has 1 N–H and O–H groups in total. The van der Waals surface area contributed by atoms with Crippen LogP contribution in [0.4, 0.5) is 0 Å². The van der Waals surface area contributed by atoms with Crippen molar-refractivity contribution in [3.63, 3.8) is 0 Å². The van der Waals surface area contributed by atoms with Gasteiger partial charge in [0.15, 0.2) is 0 Å². The molecular formula is C92H178O3. The number of aliphatic hydroxyl groups is 1. The van der Waals surface area contributed by atoms with Crippen LogP contribution >= 0.6 is 0 Å². The minimum Gasteiger partial charge on any atom is -0.459 e. The van der Waals surface area contributed by atoms with Gasteiger partial charge in [0.1, 0.15) is 5.60 Å². The van der Waals surface area contributed by atoms with Crippen molar-refractivity contribution >= 4 is 5.97 Å². The van der Waals surface area contributed by atoms with Crippen LogP contribution in [0.1, 0.15) is 451 Å². The van der Waals surface area contributed by atoms with Crippen LogP contribution in [0.3, 0.4) is 0 Å². The molecule has 3 heteroatoms. The maximum absolute atomic E-state index is 16.0. The summed E-state index contributed by atoms with van der Waals surface area (Å²) >= 11 is 0. The molecule has 0 spiro atoms. The molecule has 4 saturated carbocycles. The van der Waals surface area contributed by atoms with E-state index in [9.17, 15) is 5.11 Å². The number of esters is 1. The van der Waals surface area contributed by atoms with Gasteiger partial charge in [-0.25, -0.2) is 0 Å². The van der Waals surface area contributed by atoms with E-state index in [0.717, 1.165) is 128 Å². The van der Waals surface area contributed by atoms with Gasteiger partial charge in [0.25, 0.3) is 0 Å². The fraction of sp³-hybridized carbons (Fsp3) is 0.989. The Bertz CT molecular complexity index is 2530. The van der Waals surface area contributed by atoms with Crippen LogP contribution in [0.25, 0.3) is 0 Å². The zero-order chi connectivity index (χ0) is 74.8. The first-order valence-electron chi connectivity index (χ1n) is 42.1. The Balaban J connectivity index is 2.63. The minimum atomic E-state index is -0.753. The molecule has 4 aliphatic rings. The van der Waals surface area contributed by atoms with Gasteiger partial charge in [-0.2, -0.15) is 0 Å². The predicted molar refractivity (Wildman–Crippen MR) is 422 cm³/mol. The first-order valence-corrected chi connectivity index (χ1v) is 42.1. The third-order valence-electron chi connectivity index (χ3n) is 42.5. The van der Waals surface area contributed by atoms with Crippen LogP contribution in [0, 0.1) is 120 Å². The zero-order valence-electron chi connectivity index (χ0n) is 73.3. The van der Waals surface area contributed by atoms with E-state index in [1.807, 2.05) is 0 Å². The van der Waals surface area contributed by atoms with E-state index in [2.05, 4.69) is 284 Å². The Morgan fingerprint density at radius 2 is 0.453 bits per heavy atom. The average molecular weight is 1330 g/mol. The van der Waals surface area contributed by atoms with Crippen molar-refractivity contribution < 1.29 is 14.6 Å². The quantitative estimate of drug-likeness (QED) is 0.0621. The maximum Gasteiger partial charge on any atom is 0.312 e. The number of ether oxygens (including phenoxy) is 1. The van der Waals surface area contributed by atoms with Crippen molar-refractivity contribution in [3.8, 4) is 0 Å². The molecule has 0 aromatic carbocycles. The molecule has 0 saturated heterocycles. The van der Waals surface area contributed by atoms with Gasteiger partial charge < -0.3 is 9.84 Å². The van der Waals surface area contributed by atoms with Crippen molar-refractivity contribution in [1.82, 2.24) is 0 Å². The third-order valence-corrected chi connectivity index (χ3v) is 42.5. The molecule has 0 amide bonds. The standard InChI is InChI=1S/C92H178O3/c1-42-71(21,22)73(24,44-3)75(26,46-5)77(28,48-7)79(30,50-9)81(32,52-11)83(34,54-13)85(36,56-15)87(38,58-17)89(40,60-19)90(41,61-20)88(39,59-18)86(37,57-16)84(35,55-14)82(33,53-12)80(31,51-10)78(29,49-8)76(27,47-6)74(25,45-4)72(23,43-2)70(93)95-92-65-68-62-69(66-92)64-91(94,63-68)67-92/h68-69,94H,42-67H2,1-41H3. The highest BCUT2D eigenvalue weighted by atomic mass is 16.6. The van der Waals surface area contributed by atoms with Crippen LogP contribution in [-0.4, -0.2) is 22.3 Å². The van der Waals surface area contributed by atoms with Crippen molar-refractivity contribution in [2.45, 2.75) is 462 Å². The highest BCUT2D eigenvalue weighted by Gasteiger charge is 2.79. The monoisotopic (exact) mass is 1330 g/mol. The van der Waals surface area contributed by atoms with Gasteiger partial charge in [0, 0.05) is 6.42 Å². The molecule has 4 rings (SSSR count). The molecule has 21 atom stereocenters.